The number of rotatable bonds is 4. The van der Waals surface area contributed by atoms with Crippen LogP contribution in [-0.4, -0.2) is 44.7 Å². The lowest BCUT2D eigenvalue weighted by Crippen LogP contribution is -2.19. The highest BCUT2D eigenvalue weighted by Gasteiger charge is 2.31. The van der Waals surface area contributed by atoms with Crippen LogP contribution in [0.15, 0.2) is 35.4 Å². The average molecular weight is 368 g/mol. The van der Waals surface area contributed by atoms with E-state index in [2.05, 4.69) is 4.98 Å². The fraction of sp³-hybridized carbons (Fsp3) is 0.375. The molecule has 8 heteroatoms. The molecule has 0 unspecified atom stereocenters. The molecule has 128 valence electrons. The Morgan fingerprint density at radius 2 is 2.12 bits per heavy atom. The number of nitrogens with zero attached hydrogens (tertiary/aromatic N) is 2. The van der Waals surface area contributed by atoms with Crippen molar-refractivity contribution in [1.29, 1.82) is 0 Å². The molecule has 24 heavy (non-hydrogen) atoms. The van der Waals surface area contributed by atoms with Gasteiger partial charge >= 0.3 is 0 Å². The van der Waals surface area contributed by atoms with Crippen LogP contribution in [-0.2, 0) is 9.84 Å². The van der Waals surface area contributed by atoms with Crippen LogP contribution >= 0.6 is 11.3 Å². The van der Waals surface area contributed by atoms with Gasteiger partial charge in [0.1, 0.15) is 6.17 Å². The highest BCUT2D eigenvalue weighted by molar-refractivity contribution is 7.90. The topological polar surface area (TPSA) is 67.3 Å². The van der Waals surface area contributed by atoms with Gasteiger partial charge < -0.3 is 4.90 Å². The summed E-state index contributed by atoms with van der Waals surface area (Å²) >= 11 is 1.20. The number of sulfone groups is 1. The van der Waals surface area contributed by atoms with Gasteiger partial charge in [-0.15, -0.1) is 0 Å². The van der Waals surface area contributed by atoms with Gasteiger partial charge in [-0.05, 0) is 12.1 Å². The quantitative estimate of drug-likeness (QED) is 0.776. The Kier molecular flexibility index (Phi) is 4.44. The number of carbonyl (C=O) groups is 1. The first-order valence-corrected chi connectivity index (χ1v) is 10.2. The summed E-state index contributed by atoms with van der Waals surface area (Å²) in [5.41, 5.74) is 0.297. The van der Waals surface area contributed by atoms with Crippen LogP contribution in [0, 0.1) is 5.92 Å². The molecule has 1 fully saturated rings. The summed E-state index contributed by atoms with van der Waals surface area (Å²) in [6.07, 6.45) is 1.68. The zero-order valence-electron chi connectivity index (χ0n) is 13.3. The molecular weight excluding hydrogens is 351 g/mol. The van der Waals surface area contributed by atoms with E-state index in [1.807, 2.05) is 11.8 Å². The highest BCUT2D eigenvalue weighted by atomic mass is 32.2. The maximum atomic E-state index is 13.7. The van der Waals surface area contributed by atoms with E-state index in [1.54, 1.807) is 12.1 Å². The van der Waals surface area contributed by atoms with Gasteiger partial charge in [0.2, 0.25) is 5.78 Å². The molecular formula is C16H17FN2O3S2. The summed E-state index contributed by atoms with van der Waals surface area (Å²) < 4.78 is 36.9. The molecule has 0 spiro atoms. The third-order valence-corrected chi connectivity index (χ3v) is 6.20. The normalized spacial score (nSPS) is 21.2. The number of alkyl halides is 1. The second kappa shape index (κ2) is 6.25. The predicted octanol–water partition coefficient (Wildman–Crippen LogP) is 2.57. The lowest BCUT2D eigenvalue weighted by atomic mass is 10.1. The fourth-order valence-corrected chi connectivity index (χ4v) is 4.17. The van der Waals surface area contributed by atoms with Gasteiger partial charge in [-0.3, -0.25) is 4.79 Å². The molecule has 0 saturated carbocycles. The van der Waals surface area contributed by atoms with Crippen molar-refractivity contribution in [3.05, 3.63) is 40.9 Å². The molecule has 5 nitrogen and oxygen atoms in total. The number of halogens is 1. The number of anilines is 1. The molecule has 1 aliphatic rings. The van der Waals surface area contributed by atoms with Crippen LogP contribution < -0.4 is 4.90 Å². The Hall–Kier alpha value is -1.80. The maximum Gasteiger partial charge on any atom is 0.204 e. The second-order valence-corrected chi connectivity index (χ2v) is 9.06. The van der Waals surface area contributed by atoms with Gasteiger partial charge in [0.15, 0.2) is 15.0 Å². The van der Waals surface area contributed by atoms with Gasteiger partial charge in [-0.2, -0.15) is 0 Å². The molecule has 1 aromatic carbocycles. The second-order valence-electron chi connectivity index (χ2n) is 6.03. The Bertz CT molecular complexity index is 869. The first-order valence-electron chi connectivity index (χ1n) is 7.45. The standard InChI is InChI=1S/C16H17FN2O3S2/c1-10-8-19(9-13(10)17)16-18-7-14(23-16)15(20)11-4-3-5-12(6-11)24(2,21)22/h3-7,10,13H,8-9H2,1-2H3/t10-,13+/m1/s1. The van der Waals surface area contributed by atoms with Crippen molar-refractivity contribution < 1.29 is 17.6 Å². The molecule has 1 aliphatic heterocycles. The van der Waals surface area contributed by atoms with E-state index < -0.39 is 16.0 Å². The highest BCUT2D eigenvalue weighted by Crippen LogP contribution is 2.30. The minimum absolute atomic E-state index is 0.0560. The molecule has 0 N–H and O–H groups in total. The number of hydrogen-bond acceptors (Lipinski definition) is 6. The van der Waals surface area contributed by atoms with Crippen LogP contribution in [0.2, 0.25) is 0 Å². The largest absolute Gasteiger partial charge is 0.345 e. The molecule has 3 rings (SSSR count). The fourth-order valence-electron chi connectivity index (χ4n) is 2.61. The van der Waals surface area contributed by atoms with E-state index >= 15 is 0 Å². The van der Waals surface area contributed by atoms with E-state index in [4.69, 9.17) is 0 Å². The Morgan fingerprint density at radius 3 is 2.75 bits per heavy atom. The zero-order valence-corrected chi connectivity index (χ0v) is 14.9. The summed E-state index contributed by atoms with van der Waals surface area (Å²) in [4.78, 5) is 19.1. The molecule has 0 amide bonds. The van der Waals surface area contributed by atoms with Crippen LogP contribution in [0.1, 0.15) is 22.2 Å². The minimum atomic E-state index is -3.38. The average Bonchev–Trinajstić information content (AvgIpc) is 3.13. The lowest BCUT2D eigenvalue weighted by molar-refractivity contribution is 0.104. The summed E-state index contributed by atoms with van der Waals surface area (Å²) in [7, 11) is -3.38. The van der Waals surface area contributed by atoms with Crippen LogP contribution in [0.25, 0.3) is 0 Å². The van der Waals surface area contributed by atoms with Crippen molar-refractivity contribution in [2.45, 2.75) is 18.0 Å². The Morgan fingerprint density at radius 1 is 1.38 bits per heavy atom. The van der Waals surface area contributed by atoms with Crippen molar-refractivity contribution >= 4 is 32.1 Å². The number of hydrogen-bond donors (Lipinski definition) is 0. The molecule has 2 atom stereocenters. The summed E-state index contributed by atoms with van der Waals surface area (Å²) in [5.74, 6) is -0.340. The molecule has 0 radical (unpaired) electrons. The van der Waals surface area contributed by atoms with Crippen molar-refractivity contribution in [1.82, 2.24) is 4.98 Å². The van der Waals surface area contributed by atoms with Gasteiger partial charge in [-0.25, -0.2) is 17.8 Å². The number of thiazole rings is 1. The number of ketones is 1. The third kappa shape index (κ3) is 3.34. The minimum Gasteiger partial charge on any atom is -0.345 e. The first kappa shape index (κ1) is 17.0. The zero-order chi connectivity index (χ0) is 17.5. The third-order valence-electron chi connectivity index (χ3n) is 4.03. The molecule has 1 saturated heterocycles. The summed E-state index contributed by atoms with van der Waals surface area (Å²) in [6.45, 7) is 2.71. The summed E-state index contributed by atoms with van der Waals surface area (Å²) in [6, 6.07) is 5.94. The van der Waals surface area contributed by atoms with Crippen LogP contribution in [0.3, 0.4) is 0 Å². The first-order chi connectivity index (χ1) is 11.3. The monoisotopic (exact) mass is 368 g/mol. The summed E-state index contributed by atoms with van der Waals surface area (Å²) in [5, 5.41) is 0.615. The Balaban J connectivity index is 1.84. The van der Waals surface area contributed by atoms with E-state index in [-0.39, 0.29) is 23.1 Å². The van der Waals surface area contributed by atoms with Crippen molar-refractivity contribution in [3.63, 3.8) is 0 Å². The Labute approximate surface area is 144 Å². The molecule has 1 aromatic heterocycles. The lowest BCUT2D eigenvalue weighted by Gasteiger charge is -2.12. The molecule has 2 heterocycles. The van der Waals surface area contributed by atoms with Crippen molar-refractivity contribution in [2.75, 3.05) is 24.2 Å². The number of carbonyl (C=O) groups excluding carboxylic acids is 1. The SMILES string of the molecule is C[C@@H]1CN(c2ncc(C(=O)c3cccc(S(C)(=O)=O)c3)s2)C[C@@H]1F. The van der Waals surface area contributed by atoms with Crippen molar-refractivity contribution in [3.8, 4) is 0 Å². The van der Waals surface area contributed by atoms with E-state index in [9.17, 15) is 17.6 Å². The maximum absolute atomic E-state index is 13.7. The molecule has 2 aromatic rings. The number of aromatic nitrogens is 1. The molecule has 0 bridgehead atoms. The molecule has 0 aliphatic carbocycles. The smallest absolute Gasteiger partial charge is 0.204 e. The van der Waals surface area contributed by atoms with Crippen molar-refractivity contribution in [2.24, 2.45) is 5.92 Å². The van der Waals surface area contributed by atoms with Gasteiger partial charge in [0, 0.05) is 24.3 Å². The van der Waals surface area contributed by atoms with Gasteiger partial charge in [0.25, 0.3) is 0 Å². The van der Waals surface area contributed by atoms with Gasteiger partial charge in [0.05, 0.1) is 22.5 Å². The predicted molar refractivity (Wildman–Crippen MR) is 91.4 cm³/mol. The van der Waals surface area contributed by atoms with E-state index in [0.29, 0.717) is 22.1 Å². The van der Waals surface area contributed by atoms with E-state index in [0.717, 1.165) is 6.26 Å². The van der Waals surface area contributed by atoms with Gasteiger partial charge in [-0.1, -0.05) is 30.4 Å². The number of benzene rings is 1. The van der Waals surface area contributed by atoms with E-state index in [1.165, 1.54) is 29.7 Å². The van der Waals surface area contributed by atoms with Crippen LogP contribution in [0.4, 0.5) is 9.52 Å². The van der Waals surface area contributed by atoms with Crippen LogP contribution in [0.5, 0.6) is 0 Å².